The first-order valence-electron chi connectivity index (χ1n) is 8.28. The van der Waals surface area contributed by atoms with Gasteiger partial charge in [0.25, 0.3) is 0 Å². The quantitative estimate of drug-likeness (QED) is 0.893. The van der Waals surface area contributed by atoms with Crippen LogP contribution in [-0.4, -0.2) is 35.1 Å². The molecule has 2 saturated heterocycles. The van der Waals surface area contributed by atoms with Crippen molar-refractivity contribution in [2.24, 2.45) is 0 Å². The number of fused-ring (bicyclic) bond motifs is 1. The monoisotopic (exact) mass is 273 g/mol. The van der Waals surface area contributed by atoms with Gasteiger partial charge < -0.3 is 10.2 Å². The maximum absolute atomic E-state index is 4.56. The Hall–Kier alpha value is -0.930. The molecule has 0 aromatic carbocycles. The van der Waals surface area contributed by atoms with Gasteiger partial charge in [-0.15, -0.1) is 0 Å². The standard InChI is InChI=1S/C17H27N3/c1-2-6-17(16-8-3-4-10-18-16)19-14-9-12-20-11-5-7-15(20)13-14/h3-4,8,10,14-15,17,19H,2,5-7,9,11-13H2,1H3/t14-,15+,17-/m0/s1. The molecular weight excluding hydrogens is 246 g/mol. The normalized spacial score (nSPS) is 28.2. The number of nitrogens with one attached hydrogen (secondary N) is 1. The van der Waals surface area contributed by atoms with Crippen LogP contribution in [0.4, 0.5) is 0 Å². The maximum atomic E-state index is 4.56. The van der Waals surface area contributed by atoms with Crippen molar-refractivity contribution in [1.29, 1.82) is 0 Å². The number of hydrogen-bond acceptors (Lipinski definition) is 3. The van der Waals surface area contributed by atoms with Crippen LogP contribution in [0.3, 0.4) is 0 Å². The smallest absolute Gasteiger partial charge is 0.0573 e. The first kappa shape index (κ1) is 14.0. The Balaban J connectivity index is 1.62. The Morgan fingerprint density at radius 3 is 3.10 bits per heavy atom. The summed E-state index contributed by atoms with van der Waals surface area (Å²) in [5.41, 5.74) is 1.21. The highest BCUT2D eigenvalue weighted by atomic mass is 15.2. The molecular formula is C17H27N3. The van der Waals surface area contributed by atoms with Crippen molar-refractivity contribution in [3.8, 4) is 0 Å². The van der Waals surface area contributed by atoms with E-state index in [0.717, 1.165) is 6.04 Å². The second-order valence-corrected chi connectivity index (χ2v) is 6.32. The summed E-state index contributed by atoms with van der Waals surface area (Å²) >= 11 is 0. The van der Waals surface area contributed by atoms with Crippen LogP contribution in [0, 0.1) is 0 Å². The Labute approximate surface area is 122 Å². The zero-order valence-corrected chi connectivity index (χ0v) is 12.6. The molecule has 3 heterocycles. The summed E-state index contributed by atoms with van der Waals surface area (Å²) in [5.74, 6) is 0. The van der Waals surface area contributed by atoms with Crippen LogP contribution < -0.4 is 5.32 Å². The van der Waals surface area contributed by atoms with Gasteiger partial charge in [-0.25, -0.2) is 0 Å². The molecule has 3 heteroatoms. The molecule has 0 bridgehead atoms. The fraction of sp³-hybridized carbons (Fsp3) is 0.706. The second kappa shape index (κ2) is 6.68. The van der Waals surface area contributed by atoms with Gasteiger partial charge in [0.15, 0.2) is 0 Å². The molecule has 0 saturated carbocycles. The number of nitrogens with zero attached hydrogens (tertiary/aromatic N) is 2. The molecule has 20 heavy (non-hydrogen) atoms. The van der Waals surface area contributed by atoms with E-state index in [9.17, 15) is 0 Å². The zero-order valence-electron chi connectivity index (χ0n) is 12.6. The lowest BCUT2D eigenvalue weighted by molar-refractivity contribution is 0.159. The van der Waals surface area contributed by atoms with E-state index in [1.165, 1.54) is 57.3 Å². The van der Waals surface area contributed by atoms with Gasteiger partial charge in [0.1, 0.15) is 0 Å². The summed E-state index contributed by atoms with van der Waals surface area (Å²) in [7, 11) is 0. The Morgan fingerprint density at radius 2 is 2.30 bits per heavy atom. The van der Waals surface area contributed by atoms with Gasteiger partial charge in [0.2, 0.25) is 0 Å². The zero-order chi connectivity index (χ0) is 13.8. The lowest BCUT2D eigenvalue weighted by atomic mass is 9.95. The van der Waals surface area contributed by atoms with E-state index in [0.29, 0.717) is 12.1 Å². The largest absolute Gasteiger partial charge is 0.306 e. The average Bonchev–Trinajstić information content (AvgIpc) is 2.95. The van der Waals surface area contributed by atoms with Crippen LogP contribution in [-0.2, 0) is 0 Å². The van der Waals surface area contributed by atoms with Crippen molar-refractivity contribution in [2.45, 2.75) is 63.6 Å². The van der Waals surface area contributed by atoms with Crippen molar-refractivity contribution in [2.75, 3.05) is 13.1 Å². The van der Waals surface area contributed by atoms with E-state index in [4.69, 9.17) is 0 Å². The second-order valence-electron chi connectivity index (χ2n) is 6.32. The fourth-order valence-electron chi connectivity index (χ4n) is 3.85. The topological polar surface area (TPSA) is 28.2 Å². The van der Waals surface area contributed by atoms with Gasteiger partial charge in [0.05, 0.1) is 5.69 Å². The summed E-state index contributed by atoms with van der Waals surface area (Å²) < 4.78 is 0. The van der Waals surface area contributed by atoms with E-state index in [1.54, 1.807) is 0 Å². The molecule has 3 rings (SSSR count). The summed E-state index contributed by atoms with van der Waals surface area (Å²) in [6.07, 6.45) is 9.73. The van der Waals surface area contributed by atoms with E-state index < -0.39 is 0 Å². The molecule has 0 amide bonds. The molecule has 1 N–H and O–H groups in total. The molecule has 2 aliphatic rings. The molecule has 110 valence electrons. The third-order valence-corrected chi connectivity index (χ3v) is 4.88. The number of hydrogen-bond donors (Lipinski definition) is 1. The number of piperidine rings is 1. The molecule has 3 atom stereocenters. The van der Waals surface area contributed by atoms with Crippen molar-refractivity contribution < 1.29 is 0 Å². The van der Waals surface area contributed by atoms with Crippen LogP contribution in [0.2, 0.25) is 0 Å². The van der Waals surface area contributed by atoms with Gasteiger partial charge in [0, 0.05) is 24.3 Å². The number of rotatable bonds is 5. The molecule has 0 radical (unpaired) electrons. The highest BCUT2D eigenvalue weighted by molar-refractivity contribution is 5.09. The lowest BCUT2D eigenvalue weighted by Gasteiger charge is -2.37. The molecule has 2 fully saturated rings. The Kier molecular flexibility index (Phi) is 4.69. The summed E-state index contributed by atoms with van der Waals surface area (Å²) in [6.45, 7) is 4.87. The molecule has 2 aliphatic heterocycles. The number of aromatic nitrogens is 1. The summed E-state index contributed by atoms with van der Waals surface area (Å²) in [6, 6.07) is 8.22. The van der Waals surface area contributed by atoms with E-state index >= 15 is 0 Å². The molecule has 3 nitrogen and oxygen atoms in total. The SMILES string of the molecule is CCC[C@H](N[C@H]1CCN2CCC[C@@H]2C1)c1ccccn1. The highest BCUT2D eigenvalue weighted by Gasteiger charge is 2.32. The van der Waals surface area contributed by atoms with Crippen LogP contribution in [0.1, 0.15) is 57.2 Å². The van der Waals surface area contributed by atoms with Gasteiger partial charge in [-0.1, -0.05) is 19.4 Å². The maximum Gasteiger partial charge on any atom is 0.0573 e. The average molecular weight is 273 g/mol. The van der Waals surface area contributed by atoms with Crippen molar-refractivity contribution in [1.82, 2.24) is 15.2 Å². The predicted molar refractivity (Wildman–Crippen MR) is 82.6 cm³/mol. The van der Waals surface area contributed by atoms with Crippen molar-refractivity contribution in [3.63, 3.8) is 0 Å². The minimum atomic E-state index is 0.430. The van der Waals surface area contributed by atoms with E-state index in [2.05, 4.69) is 34.3 Å². The van der Waals surface area contributed by atoms with Crippen molar-refractivity contribution in [3.05, 3.63) is 30.1 Å². The molecule has 0 unspecified atom stereocenters. The van der Waals surface area contributed by atoms with Crippen LogP contribution in [0.15, 0.2) is 24.4 Å². The highest BCUT2D eigenvalue weighted by Crippen LogP contribution is 2.28. The minimum Gasteiger partial charge on any atom is -0.306 e. The van der Waals surface area contributed by atoms with Gasteiger partial charge in [-0.3, -0.25) is 4.98 Å². The minimum absolute atomic E-state index is 0.430. The first-order chi connectivity index (χ1) is 9.86. The fourth-order valence-corrected chi connectivity index (χ4v) is 3.85. The van der Waals surface area contributed by atoms with Crippen LogP contribution in [0.5, 0.6) is 0 Å². The number of pyridine rings is 1. The molecule has 0 aliphatic carbocycles. The summed E-state index contributed by atoms with van der Waals surface area (Å²) in [5, 5.41) is 3.90. The third kappa shape index (κ3) is 3.21. The van der Waals surface area contributed by atoms with Crippen molar-refractivity contribution >= 4 is 0 Å². The van der Waals surface area contributed by atoms with Crippen LogP contribution >= 0.6 is 0 Å². The summed E-state index contributed by atoms with van der Waals surface area (Å²) in [4.78, 5) is 7.25. The van der Waals surface area contributed by atoms with E-state index in [-0.39, 0.29) is 0 Å². The van der Waals surface area contributed by atoms with Crippen LogP contribution in [0.25, 0.3) is 0 Å². The third-order valence-electron chi connectivity index (χ3n) is 4.88. The lowest BCUT2D eigenvalue weighted by Crippen LogP contribution is -2.46. The predicted octanol–water partition coefficient (Wildman–Crippen LogP) is 3.14. The van der Waals surface area contributed by atoms with Gasteiger partial charge >= 0.3 is 0 Å². The van der Waals surface area contributed by atoms with Gasteiger partial charge in [-0.2, -0.15) is 0 Å². The van der Waals surface area contributed by atoms with E-state index in [1.807, 2.05) is 12.3 Å². The molecule has 1 aromatic rings. The Bertz CT molecular complexity index is 406. The first-order valence-corrected chi connectivity index (χ1v) is 8.28. The molecule has 0 spiro atoms. The Morgan fingerprint density at radius 1 is 1.35 bits per heavy atom. The van der Waals surface area contributed by atoms with Gasteiger partial charge in [-0.05, 0) is 57.3 Å². The molecule has 1 aromatic heterocycles.